The van der Waals surface area contributed by atoms with Crippen LogP contribution >= 0.6 is 0 Å². The number of hydrogen-bond donors (Lipinski definition) is 0. The van der Waals surface area contributed by atoms with Crippen LogP contribution < -0.4 is 0 Å². The fourth-order valence-electron chi connectivity index (χ4n) is 1.59. The molecule has 1 aromatic rings. The first-order valence-electron chi connectivity index (χ1n) is 6.73. The van der Waals surface area contributed by atoms with E-state index in [0.717, 1.165) is 5.56 Å². The SMILES string of the molecule is C=CCN(C/C=C\c1ccccc1)C(=O)OC(C)(C)C. The summed E-state index contributed by atoms with van der Waals surface area (Å²) in [7, 11) is 0. The minimum absolute atomic E-state index is 0.324. The first kappa shape index (κ1) is 16.0. The van der Waals surface area contributed by atoms with Crippen molar-refractivity contribution in [3.8, 4) is 0 Å². The van der Waals surface area contributed by atoms with Crippen LogP contribution in [-0.4, -0.2) is 29.7 Å². The monoisotopic (exact) mass is 273 g/mol. The van der Waals surface area contributed by atoms with Gasteiger partial charge in [0.2, 0.25) is 0 Å². The number of amides is 1. The van der Waals surface area contributed by atoms with Gasteiger partial charge in [0.25, 0.3) is 0 Å². The van der Waals surface area contributed by atoms with Crippen LogP contribution in [0.3, 0.4) is 0 Å². The molecule has 0 saturated heterocycles. The third-order valence-corrected chi connectivity index (χ3v) is 2.44. The highest BCUT2D eigenvalue weighted by Gasteiger charge is 2.20. The second-order valence-corrected chi connectivity index (χ2v) is 5.49. The van der Waals surface area contributed by atoms with Crippen molar-refractivity contribution < 1.29 is 9.53 Å². The molecule has 20 heavy (non-hydrogen) atoms. The molecule has 0 spiro atoms. The molecule has 1 amide bonds. The van der Waals surface area contributed by atoms with E-state index in [1.165, 1.54) is 0 Å². The van der Waals surface area contributed by atoms with Gasteiger partial charge in [-0.15, -0.1) is 6.58 Å². The summed E-state index contributed by atoms with van der Waals surface area (Å²) in [5, 5.41) is 0. The average molecular weight is 273 g/mol. The fraction of sp³-hybridized carbons (Fsp3) is 0.353. The van der Waals surface area contributed by atoms with E-state index in [-0.39, 0.29) is 6.09 Å². The Kier molecular flexibility index (Phi) is 6.04. The Labute approximate surface area is 121 Å². The minimum atomic E-state index is -0.486. The molecule has 0 heterocycles. The zero-order chi connectivity index (χ0) is 15.0. The number of ether oxygens (including phenoxy) is 1. The average Bonchev–Trinajstić information content (AvgIpc) is 2.37. The number of hydrogen-bond acceptors (Lipinski definition) is 2. The van der Waals surface area contributed by atoms with Crippen molar-refractivity contribution in [2.45, 2.75) is 26.4 Å². The Morgan fingerprint density at radius 3 is 2.45 bits per heavy atom. The van der Waals surface area contributed by atoms with Crippen LogP contribution in [0.5, 0.6) is 0 Å². The normalized spacial score (nSPS) is 11.3. The number of carbonyl (C=O) groups excluding carboxylic acids is 1. The van der Waals surface area contributed by atoms with Gasteiger partial charge in [-0.2, -0.15) is 0 Å². The first-order valence-corrected chi connectivity index (χ1v) is 6.73. The van der Waals surface area contributed by atoms with Crippen LogP contribution in [0.1, 0.15) is 26.3 Å². The highest BCUT2D eigenvalue weighted by molar-refractivity contribution is 5.68. The molecule has 0 aromatic heterocycles. The Balaban J connectivity index is 2.61. The van der Waals surface area contributed by atoms with Gasteiger partial charge in [0.15, 0.2) is 0 Å². The van der Waals surface area contributed by atoms with Crippen molar-refractivity contribution in [3.05, 3.63) is 54.6 Å². The van der Waals surface area contributed by atoms with Gasteiger partial charge in [-0.05, 0) is 26.3 Å². The zero-order valence-corrected chi connectivity index (χ0v) is 12.5. The highest BCUT2D eigenvalue weighted by atomic mass is 16.6. The lowest BCUT2D eigenvalue weighted by Crippen LogP contribution is -2.37. The Bertz CT molecular complexity index is 458. The number of rotatable bonds is 5. The van der Waals surface area contributed by atoms with Crippen LogP contribution in [0.4, 0.5) is 4.79 Å². The van der Waals surface area contributed by atoms with E-state index < -0.39 is 5.60 Å². The standard InChI is InChI=1S/C17H23NO2/c1-5-13-18(16(19)20-17(2,3)4)14-9-12-15-10-7-6-8-11-15/h5-12H,1,13-14H2,2-4H3/b12-9-. The van der Waals surface area contributed by atoms with Gasteiger partial charge >= 0.3 is 6.09 Å². The smallest absolute Gasteiger partial charge is 0.410 e. The summed E-state index contributed by atoms with van der Waals surface area (Å²) in [6, 6.07) is 9.97. The van der Waals surface area contributed by atoms with Crippen LogP contribution in [-0.2, 0) is 4.74 Å². The maximum atomic E-state index is 12.0. The van der Waals surface area contributed by atoms with E-state index in [9.17, 15) is 4.79 Å². The molecule has 0 N–H and O–H groups in total. The van der Waals surface area contributed by atoms with Crippen molar-refractivity contribution in [1.29, 1.82) is 0 Å². The molecule has 3 heteroatoms. The quantitative estimate of drug-likeness (QED) is 0.755. The molecular weight excluding hydrogens is 250 g/mol. The predicted molar refractivity (Wildman–Crippen MR) is 83.5 cm³/mol. The number of nitrogens with zero attached hydrogens (tertiary/aromatic N) is 1. The largest absolute Gasteiger partial charge is 0.444 e. The summed E-state index contributed by atoms with van der Waals surface area (Å²) in [4.78, 5) is 13.6. The zero-order valence-electron chi connectivity index (χ0n) is 12.5. The van der Waals surface area contributed by atoms with Crippen molar-refractivity contribution in [1.82, 2.24) is 4.90 Å². The van der Waals surface area contributed by atoms with Crippen LogP contribution in [0.2, 0.25) is 0 Å². The van der Waals surface area contributed by atoms with E-state index >= 15 is 0 Å². The molecular formula is C17H23NO2. The maximum Gasteiger partial charge on any atom is 0.410 e. The van der Waals surface area contributed by atoms with E-state index in [1.54, 1.807) is 11.0 Å². The molecule has 0 aliphatic heterocycles. The third-order valence-electron chi connectivity index (χ3n) is 2.44. The van der Waals surface area contributed by atoms with E-state index in [2.05, 4.69) is 6.58 Å². The summed E-state index contributed by atoms with van der Waals surface area (Å²) in [5.74, 6) is 0. The molecule has 3 nitrogen and oxygen atoms in total. The fourth-order valence-corrected chi connectivity index (χ4v) is 1.59. The lowest BCUT2D eigenvalue weighted by atomic mass is 10.2. The van der Waals surface area contributed by atoms with Gasteiger partial charge in [0.1, 0.15) is 5.60 Å². The molecule has 0 saturated carbocycles. The van der Waals surface area contributed by atoms with Crippen LogP contribution in [0.25, 0.3) is 6.08 Å². The summed E-state index contributed by atoms with van der Waals surface area (Å²) in [5.41, 5.74) is 0.620. The van der Waals surface area contributed by atoms with Gasteiger partial charge in [-0.25, -0.2) is 4.79 Å². The van der Waals surface area contributed by atoms with Crippen LogP contribution in [0.15, 0.2) is 49.1 Å². The molecule has 0 bridgehead atoms. The predicted octanol–water partition coefficient (Wildman–Crippen LogP) is 4.12. The lowest BCUT2D eigenvalue weighted by molar-refractivity contribution is 0.0293. The molecule has 0 aliphatic carbocycles. The Morgan fingerprint density at radius 2 is 1.90 bits per heavy atom. The lowest BCUT2D eigenvalue weighted by Gasteiger charge is -2.25. The summed E-state index contributed by atoms with van der Waals surface area (Å²) < 4.78 is 5.36. The second-order valence-electron chi connectivity index (χ2n) is 5.49. The van der Waals surface area contributed by atoms with Crippen molar-refractivity contribution in [2.75, 3.05) is 13.1 Å². The molecule has 1 rings (SSSR count). The van der Waals surface area contributed by atoms with Gasteiger partial charge in [-0.1, -0.05) is 48.6 Å². The first-order chi connectivity index (χ1) is 9.42. The summed E-state index contributed by atoms with van der Waals surface area (Å²) >= 11 is 0. The van der Waals surface area contributed by atoms with E-state index in [4.69, 9.17) is 4.74 Å². The van der Waals surface area contributed by atoms with Crippen molar-refractivity contribution in [2.24, 2.45) is 0 Å². The molecule has 0 unspecified atom stereocenters. The summed E-state index contributed by atoms with van der Waals surface area (Å²) in [6.07, 6.45) is 5.30. The summed E-state index contributed by atoms with van der Waals surface area (Å²) in [6.45, 7) is 10.2. The Morgan fingerprint density at radius 1 is 1.25 bits per heavy atom. The van der Waals surface area contributed by atoms with E-state index in [1.807, 2.05) is 63.3 Å². The van der Waals surface area contributed by atoms with Gasteiger partial charge in [0.05, 0.1) is 0 Å². The van der Waals surface area contributed by atoms with Gasteiger partial charge in [-0.3, -0.25) is 0 Å². The van der Waals surface area contributed by atoms with Crippen molar-refractivity contribution >= 4 is 12.2 Å². The number of carbonyl (C=O) groups is 1. The molecule has 0 fully saturated rings. The minimum Gasteiger partial charge on any atom is -0.444 e. The molecule has 108 valence electrons. The molecule has 0 atom stereocenters. The van der Waals surface area contributed by atoms with Crippen molar-refractivity contribution in [3.63, 3.8) is 0 Å². The molecule has 0 radical (unpaired) electrons. The van der Waals surface area contributed by atoms with Crippen LogP contribution in [0, 0.1) is 0 Å². The van der Waals surface area contributed by atoms with Gasteiger partial charge in [0, 0.05) is 13.1 Å². The second kappa shape index (κ2) is 7.53. The van der Waals surface area contributed by atoms with Gasteiger partial charge < -0.3 is 9.64 Å². The Hall–Kier alpha value is -2.03. The molecule has 0 aliphatic rings. The maximum absolute atomic E-state index is 12.0. The van der Waals surface area contributed by atoms with E-state index in [0.29, 0.717) is 13.1 Å². The highest BCUT2D eigenvalue weighted by Crippen LogP contribution is 2.10. The topological polar surface area (TPSA) is 29.5 Å². The number of benzene rings is 1. The molecule has 1 aromatic carbocycles. The third kappa shape index (κ3) is 6.23.